The summed E-state index contributed by atoms with van der Waals surface area (Å²) >= 11 is 0. The van der Waals surface area contributed by atoms with Crippen molar-refractivity contribution in [1.82, 2.24) is 19.7 Å². The summed E-state index contributed by atoms with van der Waals surface area (Å²) in [6.07, 6.45) is 3.57. The number of hydrogen-bond donors (Lipinski definition) is 1. The van der Waals surface area contributed by atoms with Crippen LogP contribution in [0.1, 0.15) is 35.8 Å². The van der Waals surface area contributed by atoms with Crippen LogP contribution in [0.25, 0.3) is 11.0 Å². The molecule has 3 heterocycles. The highest BCUT2D eigenvalue weighted by Gasteiger charge is 2.21. The molecule has 1 aliphatic rings. The average molecular weight is 365 g/mol. The Labute approximate surface area is 155 Å². The minimum atomic E-state index is -0.227. The molecule has 8 heteroatoms. The number of aromatic nitrogens is 4. The van der Waals surface area contributed by atoms with Gasteiger partial charge in [-0.15, -0.1) is 0 Å². The van der Waals surface area contributed by atoms with E-state index in [2.05, 4.69) is 21.1 Å². The first-order chi connectivity index (χ1) is 13.2. The van der Waals surface area contributed by atoms with Gasteiger partial charge in [0.15, 0.2) is 5.65 Å². The van der Waals surface area contributed by atoms with Crippen LogP contribution in [0, 0.1) is 11.3 Å². The van der Waals surface area contributed by atoms with E-state index in [0.717, 1.165) is 18.4 Å². The summed E-state index contributed by atoms with van der Waals surface area (Å²) in [6.45, 7) is 1.36. The molecule has 0 unspecified atom stereocenters. The van der Waals surface area contributed by atoms with E-state index in [0.29, 0.717) is 47.8 Å². The third-order valence-electron chi connectivity index (χ3n) is 4.84. The first kappa shape index (κ1) is 17.2. The second kappa shape index (κ2) is 7.21. The number of rotatable bonds is 4. The second-order valence-electron chi connectivity index (χ2n) is 6.49. The van der Waals surface area contributed by atoms with E-state index >= 15 is 0 Å². The Kier molecular flexibility index (Phi) is 4.60. The molecule has 1 saturated heterocycles. The Hall–Kier alpha value is -3.18. The van der Waals surface area contributed by atoms with Crippen LogP contribution in [0.4, 0.5) is 0 Å². The van der Waals surface area contributed by atoms with Gasteiger partial charge < -0.3 is 14.5 Å². The van der Waals surface area contributed by atoms with E-state index in [-0.39, 0.29) is 11.6 Å². The maximum absolute atomic E-state index is 12.5. The van der Waals surface area contributed by atoms with Crippen molar-refractivity contribution in [2.75, 3.05) is 20.3 Å². The molecule has 0 radical (unpaired) electrons. The third kappa shape index (κ3) is 3.29. The Balaban J connectivity index is 1.75. The number of hydrogen-bond acceptors (Lipinski definition) is 6. The van der Waals surface area contributed by atoms with E-state index < -0.39 is 0 Å². The minimum Gasteiger partial charge on any atom is -0.497 e. The first-order valence-electron chi connectivity index (χ1n) is 8.80. The number of fused-ring (bicyclic) bond motifs is 1. The molecule has 0 aliphatic carbocycles. The lowest BCUT2D eigenvalue weighted by Gasteiger charge is -2.22. The highest BCUT2D eigenvalue weighted by molar-refractivity contribution is 5.73. The van der Waals surface area contributed by atoms with Gasteiger partial charge in [-0.05, 0) is 36.6 Å². The molecule has 0 atom stereocenters. The van der Waals surface area contributed by atoms with Gasteiger partial charge in [-0.3, -0.25) is 4.79 Å². The van der Waals surface area contributed by atoms with Gasteiger partial charge >= 0.3 is 0 Å². The molecule has 1 aliphatic heterocycles. The number of benzene rings is 1. The lowest BCUT2D eigenvalue weighted by Crippen LogP contribution is -2.21. The molecule has 3 aromatic rings. The summed E-state index contributed by atoms with van der Waals surface area (Å²) in [5.74, 6) is 1.14. The van der Waals surface area contributed by atoms with Crippen molar-refractivity contribution in [2.45, 2.75) is 25.3 Å². The fourth-order valence-corrected chi connectivity index (χ4v) is 3.39. The summed E-state index contributed by atoms with van der Waals surface area (Å²) in [5, 5.41) is 14.2. The van der Waals surface area contributed by atoms with Crippen molar-refractivity contribution in [2.24, 2.45) is 0 Å². The van der Waals surface area contributed by atoms with Crippen LogP contribution < -0.4 is 10.3 Å². The smallest absolute Gasteiger partial charge is 0.262 e. The van der Waals surface area contributed by atoms with Crippen molar-refractivity contribution >= 4 is 11.0 Å². The topological polar surface area (TPSA) is 106 Å². The average Bonchev–Trinajstić information content (AvgIpc) is 3.13. The quantitative estimate of drug-likeness (QED) is 0.757. The molecule has 0 spiro atoms. The van der Waals surface area contributed by atoms with Gasteiger partial charge in [0.1, 0.15) is 17.0 Å². The zero-order valence-electron chi connectivity index (χ0n) is 14.9. The molecular weight excluding hydrogens is 346 g/mol. The number of methoxy groups -OCH3 is 1. The van der Waals surface area contributed by atoms with Crippen LogP contribution >= 0.6 is 0 Å². The predicted octanol–water partition coefficient (Wildman–Crippen LogP) is 1.94. The maximum atomic E-state index is 12.5. The molecule has 1 fully saturated rings. The van der Waals surface area contributed by atoms with Gasteiger partial charge in [0.2, 0.25) is 0 Å². The lowest BCUT2D eigenvalue weighted by atomic mass is 10.0. The standard InChI is InChI=1S/C19H19N5O3/c1-26-15-3-2-12(10-20)13(8-15)9-17-22-18-16(19(25)23-17)11-21-24(18)14-4-6-27-7-5-14/h2-3,8,11,14H,4-7,9H2,1H3,(H,22,23,25). The molecule has 0 saturated carbocycles. The normalized spacial score (nSPS) is 15.0. The zero-order chi connectivity index (χ0) is 18.8. The SMILES string of the molecule is COc1ccc(C#N)c(Cc2nc3c(cnn3C3CCOCC3)c(=O)[nH]2)c1. The highest BCUT2D eigenvalue weighted by Crippen LogP contribution is 2.24. The van der Waals surface area contributed by atoms with Crippen molar-refractivity contribution in [3.63, 3.8) is 0 Å². The largest absolute Gasteiger partial charge is 0.497 e. The highest BCUT2D eigenvalue weighted by atomic mass is 16.5. The fourth-order valence-electron chi connectivity index (χ4n) is 3.39. The van der Waals surface area contributed by atoms with Crippen LogP contribution in [0.15, 0.2) is 29.2 Å². The molecular formula is C19H19N5O3. The predicted molar refractivity (Wildman–Crippen MR) is 97.8 cm³/mol. The Morgan fingerprint density at radius 3 is 2.96 bits per heavy atom. The molecule has 1 N–H and O–H groups in total. The summed E-state index contributed by atoms with van der Waals surface area (Å²) < 4.78 is 12.5. The van der Waals surface area contributed by atoms with Gasteiger partial charge in [0.25, 0.3) is 5.56 Å². The number of ether oxygens (including phenoxy) is 2. The van der Waals surface area contributed by atoms with Crippen LogP contribution in [0.2, 0.25) is 0 Å². The molecule has 1 aromatic carbocycles. The molecule has 8 nitrogen and oxygen atoms in total. The van der Waals surface area contributed by atoms with E-state index in [4.69, 9.17) is 9.47 Å². The minimum absolute atomic E-state index is 0.171. The molecule has 2 aromatic heterocycles. The molecule has 4 rings (SSSR count). The van der Waals surface area contributed by atoms with E-state index in [9.17, 15) is 10.1 Å². The molecule has 27 heavy (non-hydrogen) atoms. The van der Waals surface area contributed by atoms with Crippen molar-refractivity contribution in [3.8, 4) is 11.8 Å². The fraction of sp³-hybridized carbons (Fsp3) is 0.368. The van der Waals surface area contributed by atoms with Gasteiger partial charge in [-0.25, -0.2) is 9.67 Å². The number of nitrogens with zero attached hydrogens (tertiary/aromatic N) is 4. The van der Waals surface area contributed by atoms with Crippen LogP contribution in [0.5, 0.6) is 5.75 Å². The van der Waals surface area contributed by atoms with Crippen molar-refractivity contribution in [1.29, 1.82) is 5.26 Å². The number of H-pyrrole nitrogens is 1. The summed E-state index contributed by atoms with van der Waals surface area (Å²) in [6, 6.07) is 7.57. The van der Waals surface area contributed by atoms with Crippen LogP contribution in [-0.4, -0.2) is 40.1 Å². The molecule has 0 bridgehead atoms. The number of nitrogens with one attached hydrogen (secondary N) is 1. The maximum Gasteiger partial charge on any atom is 0.262 e. The van der Waals surface area contributed by atoms with Gasteiger partial charge in [-0.2, -0.15) is 10.4 Å². The van der Waals surface area contributed by atoms with E-state index in [1.807, 2.05) is 4.68 Å². The number of aromatic amines is 1. The van der Waals surface area contributed by atoms with Crippen LogP contribution in [0.3, 0.4) is 0 Å². The first-order valence-corrected chi connectivity index (χ1v) is 8.80. The Morgan fingerprint density at radius 2 is 2.22 bits per heavy atom. The molecule has 0 amide bonds. The third-order valence-corrected chi connectivity index (χ3v) is 4.84. The Morgan fingerprint density at radius 1 is 1.41 bits per heavy atom. The second-order valence-corrected chi connectivity index (χ2v) is 6.49. The zero-order valence-corrected chi connectivity index (χ0v) is 14.9. The van der Waals surface area contributed by atoms with Gasteiger partial charge in [-0.1, -0.05) is 0 Å². The molecule has 138 valence electrons. The van der Waals surface area contributed by atoms with Crippen molar-refractivity contribution in [3.05, 3.63) is 51.7 Å². The van der Waals surface area contributed by atoms with Gasteiger partial charge in [0.05, 0.1) is 31.0 Å². The monoisotopic (exact) mass is 365 g/mol. The van der Waals surface area contributed by atoms with Gasteiger partial charge in [0, 0.05) is 19.6 Å². The summed E-state index contributed by atoms with van der Waals surface area (Å²) in [4.78, 5) is 20.0. The van der Waals surface area contributed by atoms with E-state index in [1.165, 1.54) is 0 Å². The van der Waals surface area contributed by atoms with Crippen LogP contribution in [-0.2, 0) is 11.2 Å². The number of nitriles is 1. The summed E-state index contributed by atoms with van der Waals surface area (Å²) in [7, 11) is 1.57. The van der Waals surface area contributed by atoms with Crippen molar-refractivity contribution < 1.29 is 9.47 Å². The Bertz CT molecular complexity index is 1070. The van der Waals surface area contributed by atoms with E-state index in [1.54, 1.807) is 31.5 Å². The lowest BCUT2D eigenvalue weighted by molar-refractivity contribution is 0.0673. The summed E-state index contributed by atoms with van der Waals surface area (Å²) in [5.41, 5.74) is 1.62.